The Hall–Kier alpha value is -0.980. The number of carbonyl (C=O) groups excluding carboxylic acids is 1. The van der Waals surface area contributed by atoms with Crippen LogP contribution < -0.4 is 10.1 Å². The van der Waals surface area contributed by atoms with Crippen LogP contribution in [-0.4, -0.2) is 48.4 Å². The zero-order chi connectivity index (χ0) is 19.7. The van der Waals surface area contributed by atoms with Crippen molar-refractivity contribution in [2.75, 3.05) is 32.2 Å². The molecule has 0 saturated heterocycles. The summed E-state index contributed by atoms with van der Waals surface area (Å²) in [6, 6.07) is 6.29. The zero-order valence-corrected chi connectivity index (χ0v) is 17.7. The van der Waals surface area contributed by atoms with Crippen LogP contribution in [0.25, 0.3) is 0 Å². The lowest BCUT2D eigenvalue weighted by Gasteiger charge is -2.33. The van der Waals surface area contributed by atoms with Crippen LogP contribution in [-0.2, 0) is 13.6 Å². The summed E-state index contributed by atoms with van der Waals surface area (Å²) in [5, 5.41) is 2.68. The summed E-state index contributed by atoms with van der Waals surface area (Å²) in [7, 11) is -2.31. The maximum atomic E-state index is 13.0. The first kappa shape index (κ1) is 23.1. The Morgan fingerprint density at radius 3 is 2.08 bits per heavy atom. The van der Waals surface area contributed by atoms with Crippen molar-refractivity contribution < 1.29 is 23.1 Å². The number of hydrogen-bond acceptors (Lipinski definition) is 5. The van der Waals surface area contributed by atoms with Gasteiger partial charge in [0.1, 0.15) is 10.6 Å². The third-order valence-electron chi connectivity index (χ3n) is 3.30. The van der Waals surface area contributed by atoms with Crippen molar-refractivity contribution in [3.05, 3.63) is 24.3 Å². The minimum Gasteiger partial charge on any atom is -0.494 e. The standard InChI is InChI=1S/C16H25Cl2N2O5P/c1-5-23-13-10-8-12(9-11-13)19-16(21)20(4)15(14(17)18)26(22,24-6-2)25-7-3/h8-11,14-15H,5-7H2,1-4H3,(H,19,21). The van der Waals surface area contributed by atoms with Gasteiger partial charge >= 0.3 is 13.6 Å². The molecule has 26 heavy (non-hydrogen) atoms. The third-order valence-corrected chi connectivity index (χ3v) is 6.66. The highest BCUT2D eigenvalue weighted by Gasteiger charge is 2.44. The van der Waals surface area contributed by atoms with Crippen molar-refractivity contribution in [3.8, 4) is 5.75 Å². The number of ether oxygens (including phenoxy) is 1. The Kier molecular flexibility index (Phi) is 9.75. The molecular weight excluding hydrogens is 402 g/mol. The fraction of sp³-hybridized carbons (Fsp3) is 0.562. The van der Waals surface area contributed by atoms with Crippen molar-refractivity contribution in [1.29, 1.82) is 0 Å². The van der Waals surface area contributed by atoms with E-state index in [9.17, 15) is 9.36 Å². The Balaban J connectivity index is 2.95. The van der Waals surface area contributed by atoms with Gasteiger partial charge in [-0.05, 0) is 45.0 Å². The van der Waals surface area contributed by atoms with Crippen LogP contribution in [0.2, 0.25) is 0 Å². The fourth-order valence-corrected chi connectivity index (χ4v) is 5.27. The summed E-state index contributed by atoms with van der Waals surface area (Å²) in [4.78, 5) is 12.5. The number of amides is 2. The Bertz CT molecular complexity index is 605. The lowest BCUT2D eigenvalue weighted by atomic mass is 10.3. The van der Waals surface area contributed by atoms with Gasteiger partial charge in [0, 0.05) is 12.7 Å². The van der Waals surface area contributed by atoms with Crippen molar-refractivity contribution >= 4 is 42.5 Å². The van der Waals surface area contributed by atoms with Crippen molar-refractivity contribution in [3.63, 3.8) is 0 Å². The summed E-state index contributed by atoms with van der Waals surface area (Å²) in [5.41, 5.74) is 0.535. The normalized spacial score (nSPS) is 12.7. The minimum atomic E-state index is -3.74. The van der Waals surface area contributed by atoms with Gasteiger partial charge in [0.15, 0.2) is 5.78 Å². The molecule has 10 heteroatoms. The van der Waals surface area contributed by atoms with Gasteiger partial charge in [-0.15, -0.1) is 23.2 Å². The molecule has 1 unspecified atom stereocenters. The summed E-state index contributed by atoms with van der Waals surface area (Å²) < 4.78 is 28.9. The van der Waals surface area contributed by atoms with Gasteiger partial charge < -0.3 is 24.0 Å². The first-order chi connectivity index (χ1) is 12.3. The highest BCUT2D eigenvalue weighted by Crippen LogP contribution is 2.56. The predicted molar refractivity (Wildman–Crippen MR) is 105 cm³/mol. The van der Waals surface area contributed by atoms with Gasteiger partial charge in [0.25, 0.3) is 0 Å². The topological polar surface area (TPSA) is 77.1 Å². The van der Waals surface area contributed by atoms with E-state index >= 15 is 0 Å². The first-order valence-electron chi connectivity index (χ1n) is 8.22. The highest BCUT2D eigenvalue weighted by molar-refractivity contribution is 7.55. The average Bonchev–Trinajstić information content (AvgIpc) is 2.56. The molecule has 0 aliphatic rings. The van der Waals surface area contributed by atoms with E-state index in [4.69, 9.17) is 37.0 Å². The van der Waals surface area contributed by atoms with E-state index in [1.165, 1.54) is 7.05 Å². The summed E-state index contributed by atoms with van der Waals surface area (Å²) in [6.45, 7) is 6.02. The van der Waals surface area contributed by atoms with Gasteiger partial charge in [-0.25, -0.2) is 4.79 Å². The molecular formula is C16H25Cl2N2O5P. The number of carbonyl (C=O) groups is 1. The van der Waals surface area contributed by atoms with Crippen LogP contribution in [0.15, 0.2) is 24.3 Å². The molecule has 1 atom stereocenters. The lowest BCUT2D eigenvalue weighted by Crippen LogP contribution is -2.44. The monoisotopic (exact) mass is 426 g/mol. The molecule has 0 fully saturated rings. The minimum absolute atomic E-state index is 0.128. The smallest absolute Gasteiger partial charge is 0.355 e. The molecule has 1 rings (SSSR count). The number of rotatable bonds is 10. The van der Waals surface area contributed by atoms with Gasteiger partial charge in [-0.3, -0.25) is 4.57 Å². The number of urea groups is 1. The molecule has 148 valence electrons. The maximum Gasteiger partial charge on any atom is 0.355 e. The number of hydrogen-bond donors (Lipinski definition) is 1. The van der Waals surface area contributed by atoms with Gasteiger partial charge in [-0.2, -0.15) is 0 Å². The molecule has 1 aromatic rings. The average molecular weight is 427 g/mol. The number of anilines is 1. The molecule has 0 radical (unpaired) electrons. The molecule has 0 saturated carbocycles. The zero-order valence-electron chi connectivity index (χ0n) is 15.3. The molecule has 1 N–H and O–H groups in total. The van der Waals surface area contributed by atoms with Gasteiger partial charge in [0.2, 0.25) is 0 Å². The number of nitrogens with one attached hydrogen (secondary N) is 1. The summed E-state index contributed by atoms with van der Waals surface area (Å²) >= 11 is 12.0. The molecule has 0 aromatic heterocycles. The van der Waals surface area contributed by atoms with Crippen LogP contribution in [0.3, 0.4) is 0 Å². The predicted octanol–water partition coefficient (Wildman–Crippen LogP) is 4.94. The van der Waals surface area contributed by atoms with Crippen molar-refractivity contribution in [2.45, 2.75) is 31.4 Å². The second kappa shape index (κ2) is 11.0. The SMILES string of the molecule is CCOc1ccc(NC(=O)N(C)C(C(Cl)Cl)P(=O)(OCC)OCC)cc1. The third kappa shape index (κ3) is 6.32. The van der Waals surface area contributed by atoms with Gasteiger partial charge in [0.05, 0.1) is 19.8 Å². The van der Waals surface area contributed by atoms with Crippen LogP contribution in [0.5, 0.6) is 5.75 Å². The van der Waals surface area contributed by atoms with E-state index in [1.807, 2.05) is 6.92 Å². The molecule has 0 aliphatic carbocycles. The molecule has 7 nitrogen and oxygen atoms in total. The first-order valence-corrected chi connectivity index (χ1v) is 10.7. The molecule has 0 aliphatic heterocycles. The molecule has 0 heterocycles. The number of nitrogens with zero attached hydrogens (tertiary/aromatic N) is 1. The van der Waals surface area contributed by atoms with E-state index < -0.39 is 24.2 Å². The fourth-order valence-electron chi connectivity index (χ4n) is 2.20. The van der Waals surface area contributed by atoms with E-state index in [1.54, 1.807) is 38.1 Å². The molecule has 0 bridgehead atoms. The maximum absolute atomic E-state index is 13.0. The highest BCUT2D eigenvalue weighted by atomic mass is 35.5. The number of alkyl halides is 2. The second-order valence-corrected chi connectivity index (χ2v) is 8.41. The van der Waals surface area contributed by atoms with Crippen LogP contribution in [0.1, 0.15) is 20.8 Å². The Labute approximate surface area is 164 Å². The van der Waals surface area contributed by atoms with Crippen molar-refractivity contribution in [1.82, 2.24) is 4.90 Å². The van der Waals surface area contributed by atoms with Crippen LogP contribution in [0, 0.1) is 0 Å². The number of halogens is 2. The van der Waals surface area contributed by atoms with E-state index in [2.05, 4.69) is 5.32 Å². The largest absolute Gasteiger partial charge is 0.494 e. The Morgan fingerprint density at radius 1 is 1.12 bits per heavy atom. The second-order valence-electron chi connectivity index (χ2n) is 5.12. The number of benzene rings is 1. The van der Waals surface area contributed by atoms with E-state index in [-0.39, 0.29) is 13.2 Å². The quantitative estimate of drug-likeness (QED) is 0.423. The van der Waals surface area contributed by atoms with E-state index in [0.29, 0.717) is 18.0 Å². The molecule has 1 aromatic carbocycles. The van der Waals surface area contributed by atoms with Crippen molar-refractivity contribution in [2.24, 2.45) is 0 Å². The van der Waals surface area contributed by atoms with Crippen LogP contribution in [0.4, 0.5) is 10.5 Å². The molecule has 2 amide bonds. The summed E-state index contributed by atoms with van der Waals surface area (Å²) in [6.07, 6.45) is 0. The summed E-state index contributed by atoms with van der Waals surface area (Å²) in [5.74, 6) is -0.469. The molecule has 0 spiro atoms. The lowest BCUT2D eigenvalue weighted by molar-refractivity contribution is 0.179. The van der Waals surface area contributed by atoms with E-state index in [0.717, 1.165) is 4.90 Å². The van der Waals surface area contributed by atoms with Crippen LogP contribution >= 0.6 is 30.8 Å². The van der Waals surface area contributed by atoms with Gasteiger partial charge in [-0.1, -0.05) is 0 Å². The Morgan fingerprint density at radius 2 is 1.65 bits per heavy atom.